The molecule has 0 radical (unpaired) electrons. The zero-order valence-electron chi connectivity index (χ0n) is 38.3. The highest BCUT2D eigenvalue weighted by molar-refractivity contribution is 7.26. The Morgan fingerprint density at radius 3 is 2.03 bits per heavy atom. The predicted octanol–water partition coefficient (Wildman–Crippen LogP) is 14.6. The lowest BCUT2D eigenvalue weighted by molar-refractivity contribution is 0.591. The molecule has 3 nitrogen and oxygen atoms in total. The van der Waals surface area contributed by atoms with Gasteiger partial charge in [0.25, 0.3) is 6.71 Å². The van der Waals surface area contributed by atoms with Crippen molar-refractivity contribution in [2.24, 2.45) is 0 Å². The first-order valence-corrected chi connectivity index (χ1v) is 24.0. The number of fused-ring (bicyclic) bond motifs is 12. The van der Waals surface area contributed by atoms with Gasteiger partial charge < -0.3 is 14.4 Å². The molecular formula is C60H50BN3S. The molecule has 4 heterocycles. The maximum absolute atomic E-state index is 2.67. The molecule has 65 heavy (non-hydrogen) atoms. The Morgan fingerprint density at radius 2 is 1.28 bits per heavy atom. The van der Waals surface area contributed by atoms with E-state index in [0.29, 0.717) is 0 Å². The number of rotatable bonds is 4. The maximum atomic E-state index is 2.67. The van der Waals surface area contributed by atoms with Crippen LogP contribution in [0.2, 0.25) is 0 Å². The first-order chi connectivity index (χ1) is 31.4. The van der Waals surface area contributed by atoms with E-state index in [9.17, 15) is 0 Å². The number of thiophene rings is 1. The minimum Gasteiger partial charge on any atom is -0.310 e. The summed E-state index contributed by atoms with van der Waals surface area (Å²) in [6.07, 6.45) is 0. The molecule has 0 N–H and O–H groups in total. The largest absolute Gasteiger partial charge is 0.310 e. The molecule has 2 aliphatic heterocycles. The van der Waals surface area contributed by atoms with Gasteiger partial charge in [-0.15, -0.1) is 11.3 Å². The van der Waals surface area contributed by atoms with Crippen LogP contribution in [0.4, 0.5) is 34.1 Å². The van der Waals surface area contributed by atoms with Gasteiger partial charge in [0.15, 0.2) is 0 Å². The molecule has 2 aromatic heterocycles. The van der Waals surface area contributed by atoms with Gasteiger partial charge in [-0.3, -0.25) is 0 Å². The van der Waals surface area contributed by atoms with Gasteiger partial charge in [-0.2, -0.15) is 0 Å². The second kappa shape index (κ2) is 13.4. The van der Waals surface area contributed by atoms with E-state index in [1.54, 1.807) is 0 Å². The molecule has 0 spiro atoms. The molecule has 314 valence electrons. The van der Waals surface area contributed by atoms with Crippen molar-refractivity contribution >= 4 is 99.6 Å². The number of aromatic nitrogens is 1. The van der Waals surface area contributed by atoms with Crippen LogP contribution < -0.4 is 26.2 Å². The first-order valence-electron chi connectivity index (χ1n) is 23.1. The Bertz CT molecular complexity index is 3650. The predicted molar refractivity (Wildman–Crippen MR) is 281 cm³/mol. The fourth-order valence-corrected chi connectivity index (χ4v) is 13.2. The van der Waals surface area contributed by atoms with Crippen molar-refractivity contribution in [3.05, 3.63) is 191 Å². The van der Waals surface area contributed by atoms with E-state index >= 15 is 0 Å². The molecule has 0 saturated heterocycles. The van der Waals surface area contributed by atoms with Crippen LogP contribution in [0.25, 0.3) is 48.0 Å². The number of aryl methyl sites for hydroxylation is 3. The van der Waals surface area contributed by atoms with Crippen LogP contribution in [0.15, 0.2) is 158 Å². The fourth-order valence-electron chi connectivity index (χ4n) is 12.0. The van der Waals surface area contributed by atoms with Crippen LogP contribution in [0.3, 0.4) is 0 Å². The van der Waals surface area contributed by atoms with Crippen molar-refractivity contribution in [3.8, 4) is 16.9 Å². The minimum absolute atomic E-state index is 0.0341. The van der Waals surface area contributed by atoms with Crippen molar-refractivity contribution in [3.63, 3.8) is 0 Å². The normalized spacial score (nSPS) is 14.2. The quantitative estimate of drug-likeness (QED) is 0.163. The van der Waals surface area contributed by atoms with E-state index < -0.39 is 0 Å². The maximum Gasteiger partial charge on any atom is 0.252 e. The van der Waals surface area contributed by atoms with Gasteiger partial charge in [-0.05, 0) is 124 Å². The lowest BCUT2D eigenvalue weighted by atomic mass is 9.33. The summed E-state index contributed by atoms with van der Waals surface area (Å²) in [5.74, 6) is 0. The Hall–Kier alpha value is -6.82. The van der Waals surface area contributed by atoms with Gasteiger partial charge >= 0.3 is 0 Å². The van der Waals surface area contributed by atoms with Gasteiger partial charge in [0.1, 0.15) is 0 Å². The highest BCUT2D eigenvalue weighted by Gasteiger charge is 2.47. The molecule has 0 bridgehead atoms. The van der Waals surface area contributed by atoms with Crippen LogP contribution in [-0.2, 0) is 10.8 Å². The minimum atomic E-state index is -0.141. The van der Waals surface area contributed by atoms with Crippen molar-refractivity contribution in [1.29, 1.82) is 0 Å². The van der Waals surface area contributed by atoms with Crippen LogP contribution in [0.1, 0.15) is 68.0 Å². The van der Waals surface area contributed by atoms with E-state index in [1.807, 2.05) is 11.3 Å². The smallest absolute Gasteiger partial charge is 0.252 e. The molecule has 8 aromatic carbocycles. The van der Waals surface area contributed by atoms with E-state index in [1.165, 1.54) is 126 Å². The lowest BCUT2D eigenvalue weighted by Crippen LogP contribution is -2.60. The van der Waals surface area contributed by atoms with Crippen molar-refractivity contribution in [2.45, 2.75) is 66.2 Å². The molecule has 5 heteroatoms. The van der Waals surface area contributed by atoms with Crippen molar-refractivity contribution in [2.75, 3.05) is 9.80 Å². The van der Waals surface area contributed by atoms with E-state index in [0.717, 1.165) is 5.69 Å². The zero-order chi connectivity index (χ0) is 44.3. The highest BCUT2D eigenvalue weighted by atomic mass is 32.1. The SMILES string of the molecule is Cc1cc2c3c(c1)-n1c4c(c5cccc(c51)B3c1ccc(N(c3ccccc3C)c3ccccc3C)cc1N2c1cccc2c1sc1cc(C(C)(C)C)ccc12)C(C)(C)c1ccccc1-4. The monoisotopic (exact) mass is 855 g/mol. The number of hydrogen-bond donors (Lipinski definition) is 0. The van der Waals surface area contributed by atoms with Gasteiger partial charge in [0.05, 0.1) is 16.1 Å². The summed E-state index contributed by atoms with van der Waals surface area (Å²) in [5.41, 5.74) is 24.5. The number of para-hydroxylation sites is 3. The number of nitrogens with zero attached hydrogens (tertiary/aromatic N) is 3. The topological polar surface area (TPSA) is 11.4 Å². The second-order valence-electron chi connectivity index (χ2n) is 20.3. The van der Waals surface area contributed by atoms with Crippen LogP contribution in [-0.4, -0.2) is 11.3 Å². The van der Waals surface area contributed by atoms with Crippen LogP contribution in [0.5, 0.6) is 0 Å². The van der Waals surface area contributed by atoms with Crippen LogP contribution in [0, 0.1) is 20.8 Å². The molecule has 3 aliphatic rings. The third-order valence-electron chi connectivity index (χ3n) is 15.0. The molecule has 0 saturated carbocycles. The second-order valence-corrected chi connectivity index (χ2v) is 21.4. The van der Waals surface area contributed by atoms with Gasteiger partial charge in [0.2, 0.25) is 0 Å². The summed E-state index contributed by atoms with van der Waals surface area (Å²) in [6.45, 7) is 18.6. The Morgan fingerprint density at radius 1 is 0.585 bits per heavy atom. The number of hydrogen-bond acceptors (Lipinski definition) is 3. The average molecular weight is 856 g/mol. The molecule has 1 aliphatic carbocycles. The Labute approximate surface area is 386 Å². The van der Waals surface area contributed by atoms with Crippen molar-refractivity contribution in [1.82, 2.24) is 4.57 Å². The molecule has 13 rings (SSSR count). The highest BCUT2D eigenvalue weighted by Crippen LogP contribution is 2.55. The molecule has 0 atom stereocenters. The summed E-state index contributed by atoms with van der Waals surface area (Å²) in [7, 11) is 0. The van der Waals surface area contributed by atoms with E-state index in [-0.39, 0.29) is 17.5 Å². The summed E-state index contributed by atoms with van der Waals surface area (Å²) in [6, 6.07) is 60.3. The summed E-state index contributed by atoms with van der Waals surface area (Å²) < 4.78 is 5.31. The van der Waals surface area contributed by atoms with Gasteiger partial charge in [-0.1, -0.05) is 144 Å². The average Bonchev–Trinajstić information content (AvgIpc) is 3.93. The summed E-state index contributed by atoms with van der Waals surface area (Å²) in [5, 5.41) is 3.99. The third-order valence-corrected chi connectivity index (χ3v) is 16.2. The standard InChI is InChI=1S/C60H50BN3S/c1-35-31-51-55-52(32-35)64-56-43(54-57(64)42-19-11-12-22-44(42)60(54,7)8)21-15-23-46(56)61(55)45-30-28-39(62(47-24-13-9-17-36(47)2)48-25-14-10-18-37(48)3)34-50(45)63(51)49-26-16-20-41-40-29-27-38(59(4,5)6)33-53(40)65-58(41)49/h9-34H,1-8H3. The van der Waals surface area contributed by atoms with E-state index in [4.69, 9.17) is 0 Å². The Balaban J connectivity index is 1.15. The lowest BCUT2D eigenvalue weighted by Gasteiger charge is -2.41. The number of anilines is 6. The molecule has 0 amide bonds. The molecular weight excluding hydrogens is 806 g/mol. The molecule has 0 unspecified atom stereocenters. The summed E-state index contributed by atoms with van der Waals surface area (Å²) >= 11 is 1.94. The van der Waals surface area contributed by atoms with E-state index in [2.05, 4.69) is 227 Å². The van der Waals surface area contributed by atoms with Gasteiger partial charge in [-0.25, -0.2) is 0 Å². The fraction of sp³-hybridized carbons (Fsp3) is 0.167. The molecule has 10 aromatic rings. The number of benzene rings is 8. The van der Waals surface area contributed by atoms with Crippen LogP contribution >= 0.6 is 11.3 Å². The van der Waals surface area contributed by atoms with Crippen molar-refractivity contribution < 1.29 is 0 Å². The third kappa shape index (κ3) is 5.25. The first kappa shape index (κ1) is 38.6. The summed E-state index contributed by atoms with van der Waals surface area (Å²) in [4.78, 5) is 5.12. The molecule has 0 fully saturated rings. The van der Waals surface area contributed by atoms with Gasteiger partial charge in [0, 0.05) is 71.5 Å². The zero-order valence-corrected chi connectivity index (χ0v) is 39.2. The Kier molecular flexibility index (Phi) is 7.95.